The summed E-state index contributed by atoms with van der Waals surface area (Å²) in [4.78, 5) is 11.8. The predicted octanol–water partition coefficient (Wildman–Crippen LogP) is 3.16. The number of anilines is 1. The van der Waals surface area contributed by atoms with E-state index in [1.807, 2.05) is 39.0 Å². The molecule has 0 aliphatic carbocycles. The zero-order valence-electron chi connectivity index (χ0n) is 11.6. The van der Waals surface area contributed by atoms with Crippen molar-refractivity contribution in [2.24, 2.45) is 0 Å². The van der Waals surface area contributed by atoms with Crippen LogP contribution in [0.4, 0.5) is 5.69 Å². The molecule has 0 radical (unpaired) electrons. The third kappa shape index (κ3) is 3.47. The van der Waals surface area contributed by atoms with Crippen LogP contribution < -0.4 is 10.6 Å². The topological polar surface area (TPSA) is 41.1 Å². The Morgan fingerprint density at radius 3 is 2.37 bits per heavy atom. The number of fused-ring (bicyclic) bond motifs is 1. The highest BCUT2D eigenvalue weighted by Crippen LogP contribution is 2.19. The summed E-state index contributed by atoms with van der Waals surface area (Å²) in [5.41, 5.74) is 0.963. The number of benzene rings is 2. The lowest BCUT2D eigenvalue weighted by Crippen LogP contribution is -2.40. The number of amides is 1. The van der Waals surface area contributed by atoms with Crippen molar-refractivity contribution in [3.8, 4) is 0 Å². The fourth-order valence-electron chi connectivity index (χ4n) is 2.00. The molecule has 1 amide bonds. The van der Waals surface area contributed by atoms with E-state index in [0.29, 0.717) is 0 Å². The summed E-state index contributed by atoms with van der Waals surface area (Å²) in [5.74, 6) is 0.0168. The highest BCUT2D eigenvalue weighted by atomic mass is 16.2. The summed E-state index contributed by atoms with van der Waals surface area (Å²) in [6.45, 7) is 5.79. The fourth-order valence-corrected chi connectivity index (χ4v) is 2.00. The Labute approximate surface area is 114 Å². The van der Waals surface area contributed by atoms with E-state index >= 15 is 0 Å². The highest BCUT2D eigenvalue weighted by molar-refractivity contribution is 5.88. The van der Waals surface area contributed by atoms with E-state index in [4.69, 9.17) is 0 Å². The largest absolute Gasteiger partial charge is 0.374 e. The van der Waals surface area contributed by atoms with E-state index in [1.54, 1.807) is 0 Å². The molecular weight excluding hydrogens is 236 g/mol. The van der Waals surface area contributed by atoms with Crippen LogP contribution in [0.1, 0.15) is 20.8 Å². The minimum absolute atomic E-state index is 0.0168. The molecule has 2 aromatic rings. The van der Waals surface area contributed by atoms with Crippen LogP contribution in [0.2, 0.25) is 0 Å². The summed E-state index contributed by atoms with van der Waals surface area (Å²) < 4.78 is 0. The molecule has 2 N–H and O–H groups in total. The molecule has 3 heteroatoms. The second-order valence-corrected chi connectivity index (χ2v) is 5.09. The molecule has 19 heavy (non-hydrogen) atoms. The molecule has 0 fully saturated rings. The molecule has 100 valence electrons. The van der Waals surface area contributed by atoms with Crippen molar-refractivity contribution in [1.29, 1.82) is 0 Å². The number of nitrogens with one attached hydrogen (secondary N) is 2. The Hall–Kier alpha value is -2.03. The smallest absolute Gasteiger partial charge is 0.242 e. The van der Waals surface area contributed by atoms with Gasteiger partial charge >= 0.3 is 0 Å². The molecular formula is C16H20N2O. The van der Waals surface area contributed by atoms with Crippen molar-refractivity contribution < 1.29 is 4.79 Å². The highest BCUT2D eigenvalue weighted by Gasteiger charge is 2.13. The molecule has 0 aliphatic heterocycles. The Kier molecular flexibility index (Phi) is 4.05. The Morgan fingerprint density at radius 2 is 1.68 bits per heavy atom. The van der Waals surface area contributed by atoms with Crippen LogP contribution in [-0.2, 0) is 4.79 Å². The van der Waals surface area contributed by atoms with Crippen molar-refractivity contribution in [1.82, 2.24) is 5.32 Å². The number of hydrogen-bond acceptors (Lipinski definition) is 2. The van der Waals surface area contributed by atoms with Crippen molar-refractivity contribution in [2.75, 3.05) is 5.32 Å². The number of carbonyl (C=O) groups is 1. The van der Waals surface area contributed by atoms with Crippen molar-refractivity contribution in [2.45, 2.75) is 32.9 Å². The Balaban J connectivity index is 2.10. The third-order valence-electron chi connectivity index (χ3n) is 2.96. The number of rotatable bonds is 4. The van der Waals surface area contributed by atoms with Crippen LogP contribution in [0.3, 0.4) is 0 Å². The maximum Gasteiger partial charge on any atom is 0.242 e. The lowest BCUT2D eigenvalue weighted by Gasteiger charge is -2.17. The standard InChI is InChI=1S/C16H20N2O/c1-11(2)17-16(19)12(3)18-15-9-8-13-6-4-5-7-14(13)10-15/h4-12,18H,1-3H3,(H,17,19). The van der Waals surface area contributed by atoms with E-state index in [1.165, 1.54) is 10.8 Å². The molecule has 0 aliphatic rings. The van der Waals surface area contributed by atoms with E-state index in [2.05, 4.69) is 34.9 Å². The lowest BCUT2D eigenvalue weighted by atomic mass is 10.1. The molecule has 0 saturated heterocycles. The first kappa shape index (κ1) is 13.4. The molecule has 0 heterocycles. The van der Waals surface area contributed by atoms with Crippen LogP contribution in [-0.4, -0.2) is 18.0 Å². The molecule has 0 spiro atoms. The second-order valence-electron chi connectivity index (χ2n) is 5.09. The van der Waals surface area contributed by atoms with Crippen LogP contribution >= 0.6 is 0 Å². The molecule has 2 rings (SSSR count). The van der Waals surface area contributed by atoms with Gasteiger partial charge in [-0.3, -0.25) is 4.79 Å². The van der Waals surface area contributed by atoms with Crippen LogP contribution in [0.15, 0.2) is 42.5 Å². The summed E-state index contributed by atoms with van der Waals surface area (Å²) >= 11 is 0. The van der Waals surface area contributed by atoms with Gasteiger partial charge in [0.1, 0.15) is 6.04 Å². The average Bonchev–Trinajstić information content (AvgIpc) is 2.37. The molecule has 2 aromatic carbocycles. The van der Waals surface area contributed by atoms with Gasteiger partial charge in [-0.15, -0.1) is 0 Å². The SMILES string of the molecule is CC(C)NC(=O)C(C)Nc1ccc2ccccc2c1. The Bertz CT molecular complexity index is 578. The average molecular weight is 256 g/mol. The van der Waals surface area contributed by atoms with Gasteiger partial charge in [-0.1, -0.05) is 30.3 Å². The molecule has 1 unspecified atom stereocenters. The molecule has 0 bridgehead atoms. The molecule has 3 nitrogen and oxygen atoms in total. The minimum Gasteiger partial charge on any atom is -0.374 e. The van der Waals surface area contributed by atoms with Gasteiger partial charge in [0.05, 0.1) is 0 Å². The van der Waals surface area contributed by atoms with Gasteiger partial charge in [-0.05, 0) is 43.7 Å². The maximum absolute atomic E-state index is 11.8. The maximum atomic E-state index is 11.8. The quantitative estimate of drug-likeness (QED) is 0.882. The van der Waals surface area contributed by atoms with E-state index in [-0.39, 0.29) is 18.0 Å². The van der Waals surface area contributed by atoms with Gasteiger partial charge < -0.3 is 10.6 Å². The van der Waals surface area contributed by atoms with Gasteiger partial charge in [-0.2, -0.15) is 0 Å². The zero-order chi connectivity index (χ0) is 13.8. The first-order valence-corrected chi connectivity index (χ1v) is 6.62. The first-order valence-electron chi connectivity index (χ1n) is 6.62. The van der Waals surface area contributed by atoms with E-state index < -0.39 is 0 Å². The fraction of sp³-hybridized carbons (Fsp3) is 0.312. The zero-order valence-corrected chi connectivity index (χ0v) is 11.6. The Morgan fingerprint density at radius 1 is 1.00 bits per heavy atom. The van der Waals surface area contributed by atoms with Crippen LogP contribution in [0.25, 0.3) is 10.8 Å². The van der Waals surface area contributed by atoms with Gasteiger partial charge in [0, 0.05) is 11.7 Å². The van der Waals surface area contributed by atoms with Gasteiger partial charge in [0.2, 0.25) is 5.91 Å². The van der Waals surface area contributed by atoms with E-state index in [0.717, 1.165) is 5.69 Å². The summed E-state index contributed by atoms with van der Waals surface area (Å²) in [7, 11) is 0. The summed E-state index contributed by atoms with van der Waals surface area (Å²) in [6, 6.07) is 14.2. The second kappa shape index (κ2) is 5.74. The van der Waals surface area contributed by atoms with Gasteiger partial charge in [0.15, 0.2) is 0 Å². The van der Waals surface area contributed by atoms with Crippen molar-refractivity contribution in [3.63, 3.8) is 0 Å². The van der Waals surface area contributed by atoms with E-state index in [9.17, 15) is 4.79 Å². The lowest BCUT2D eigenvalue weighted by molar-refractivity contribution is -0.122. The van der Waals surface area contributed by atoms with Gasteiger partial charge in [-0.25, -0.2) is 0 Å². The van der Waals surface area contributed by atoms with Crippen molar-refractivity contribution in [3.05, 3.63) is 42.5 Å². The normalized spacial score (nSPS) is 12.4. The summed E-state index contributed by atoms with van der Waals surface area (Å²) in [6.07, 6.45) is 0. The van der Waals surface area contributed by atoms with Crippen LogP contribution in [0.5, 0.6) is 0 Å². The minimum atomic E-state index is -0.247. The number of hydrogen-bond donors (Lipinski definition) is 2. The third-order valence-corrected chi connectivity index (χ3v) is 2.96. The molecule has 0 aromatic heterocycles. The monoisotopic (exact) mass is 256 g/mol. The summed E-state index contributed by atoms with van der Waals surface area (Å²) in [5, 5.41) is 8.50. The molecule has 1 atom stereocenters. The van der Waals surface area contributed by atoms with Crippen LogP contribution in [0, 0.1) is 0 Å². The van der Waals surface area contributed by atoms with Crippen molar-refractivity contribution >= 4 is 22.4 Å². The first-order chi connectivity index (χ1) is 9.06. The number of carbonyl (C=O) groups excluding carboxylic acids is 1. The van der Waals surface area contributed by atoms with Gasteiger partial charge in [0.25, 0.3) is 0 Å². The molecule has 0 saturated carbocycles. The predicted molar refractivity (Wildman–Crippen MR) is 80.3 cm³/mol.